The summed E-state index contributed by atoms with van der Waals surface area (Å²) in [6, 6.07) is 68.8. The second-order valence-corrected chi connectivity index (χ2v) is 26.5. The number of hydrogen-bond donors (Lipinski definition) is 0. The van der Waals surface area contributed by atoms with Crippen LogP contribution in [0.4, 0.5) is 34.1 Å². The second kappa shape index (κ2) is 15.5. The van der Waals surface area contributed by atoms with Gasteiger partial charge in [-0.25, -0.2) is 0 Å². The Bertz CT molecular complexity index is 4090. The summed E-state index contributed by atoms with van der Waals surface area (Å²) >= 11 is 1.93. The van der Waals surface area contributed by atoms with E-state index in [1.165, 1.54) is 137 Å². The van der Waals surface area contributed by atoms with E-state index >= 15 is 0 Å². The Hall–Kier alpha value is -7.14. The normalized spacial score (nSPS) is 16.9. The summed E-state index contributed by atoms with van der Waals surface area (Å²) in [4.78, 5) is 5.33. The van der Waals surface area contributed by atoms with E-state index in [0.717, 1.165) is 0 Å². The third kappa shape index (κ3) is 6.39. The van der Waals surface area contributed by atoms with Gasteiger partial charge in [-0.05, 0) is 155 Å². The van der Waals surface area contributed by atoms with Crippen molar-refractivity contribution in [3.63, 3.8) is 0 Å². The largest absolute Gasteiger partial charge is 0.311 e. The quantitative estimate of drug-likeness (QED) is 0.163. The molecular weight excluding hydrogens is 924 g/mol. The molecule has 0 bridgehead atoms. The van der Waals surface area contributed by atoms with Gasteiger partial charge in [0, 0.05) is 70.6 Å². The fourth-order valence-corrected chi connectivity index (χ4v) is 15.5. The molecule has 0 saturated carbocycles. The summed E-state index contributed by atoms with van der Waals surface area (Å²) < 4.78 is 2.65. The van der Waals surface area contributed by atoms with Crippen LogP contribution >= 0.6 is 11.3 Å². The topological polar surface area (TPSA) is 6.48 Å². The third-order valence-electron chi connectivity index (χ3n) is 18.6. The van der Waals surface area contributed by atoms with Crippen molar-refractivity contribution in [2.45, 2.75) is 110 Å². The number of nitrogens with zero attached hydrogens (tertiary/aromatic N) is 2. The molecule has 2 aliphatic carbocycles. The minimum Gasteiger partial charge on any atom is -0.311 e. The molecule has 368 valence electrons. The van der Waals surface area contributed by atoms with E-state index in [1.54, 1.807) is 0 Å². The lowest BCUT2D eigenvalue weighted by atomic mass is 9.33. The highest BCUT2D eigenvalue weighted by Crippen LogP contribution is 2.56. The zero-order chi connectivity index (χ0) is 51.9. The van der Waals surface area contributed by atoms with Crippen molar-refractivity contribution in [3.05, 3.63) is 232 Å². The first-order chi connectivity index (χ1) is 35.8. The summed E-state index contributed by atoms with van der Waals surface area (Å²) in [5, 5.41) is 2.69. The average Bonchev–Trinajstić information content (AvgIpc) is 3.82. The van der Waals surface area contributed by atoms with Gasteiger partial charge in [0.1, 0.15) is 0 Å². The van der Waals surface area contributed by atoms with Gasteiger partial charge in [0.05, 0.1) is 0 Å². The number of benzene rings is 9. The first-order valence-electron chi connectivity index (χ1n) is 27.2. The molecule has 0 fully saturated rings. The maximum Gasteiger partial charge on any atom is 0.252 e. The Labute approximate surface area is 448 Å². The minimum absolute atomic E-state index is 0.0255. The second-order valence-electron chi connectivity index (χ2n) is 25.4. The van der Waals surface area contributed by atoms with Crippen LogP contribution in [0, 0.1) is 6.92 Å². The van der Waals surface area contributed by atoms with E-state index < -0.39 is 0 Å². The number of rotatable bonds is 3. The van der Waals surface area contributed by atoms with E-state index in [1.807, 2.05) is 11.3 Å². The van der Waals surface area contributed by atoms with Crippen molar-refractivity contribution >= 4 is 88.7 Å². The van der Waals surface area contributed by atoms with Crippen molar-refractivity contribution in [2.24, 2.45) is 0 Å². The molecule has 4 heteroatoms. The van der Waals surface area contributed by atoms with E-state index in [9.17, 15) is 0 Å². The fraction of sp³-hybridized carbons (Fsp3) is 0.239. The van der Waals surface area contributed by atoms with Crippen molar-refractivity contribution in [1.82, 2.24) is 0 Å². The maximum atomic E-state index is 2.69. The van der Waals surface area contributed by atoms with E-state index in [0.29, 0.717) is 0 Å². The van der Waals surface area contributed by atoms with E-state index in [-0.39, 0.29) is 33.8 Å². The van der Waals surface area contributed by atoms with Crippen molar-refractivity contribution in [2.75, 3.05) is 9.80 Å². The van der Waals surface area contributed by atoms with Crippen LogP contribution in [0.25, 0.3) is 31.3 Å². The summed E-state index contributed by atoms with van der Waals surface area (Å²) in [5.74, 6) is 0. The molecule has 3 heterocycles. The van der Waals surface area contributed by atoms with Crippen LogP contribution in [0.1, 0.15) is 132 Å². The SMILES string of the molecule is Cc1ccccc1N1c2cc3sc4ccc(C(C)(C)C)cc4c3cc2B2c3cc4c(cc3N(c3ccc5c(c3)C(C)(C)c3ccccc3C5(C)C)c3cc(-c5ccccc5)cc1c32)C(C)(C)c1ccccc1C4(C)C. The van der Waals surface area contributed by atoms with Gasteiger partial charge >= 0.3 is 0 Å². The lowest BCUT2D eigenvalue weighted by molar-refractivity contribution is 0.520. The van der Waals surface area contributed by atoms with Crippen molar-refractivity contribution in [3.8, 4) is 11.1 Å². The van der Waals surface area contributed by atoms with Crippen molar-refractivity contribution in [1.29, 1.82) is 0 Å². The standard InChI is InChI=1S/C71H65BN2S/c1-42-22-16-21-29-59(42)74-61-41-65-48(47-36-45(67(2,3)4)30-33-64(47)75-65)38-57(61)72-58-39-55-56(71(11,12)52-28-20-19-27-51(52)70(55,9)10)40-60(58)73(62-34-44(35-63(74)66(62)72)43-23-14-13-15-24-43)46-31-32-53-54(37-46)69(7,8)50-26-18-17-25-49(50)68(53,5)6/h13-41H,1-12H3. The van der Waals surface area contributed by atoms with Crippen LogP contribution in [-0.4, -0.2) is 6.71 Å². The molecule has 0 atom stereocenters. The molecule has 0 unspecified atom stereocenters. The number of thiophene rings is 1. The molecule has 75 heavy (non-hydrogen) atoms. The summed E-state index contributed by atoms with van der Waals surface area (Å²) in [6.45, 7) is 28.8. The van der Waals surface area contributed by atoms with Gasteiger partial charge in [-0.1, -0.05) is 197 Å². The van der Waals surface area contributed by atoms with Crippen LogP contribution in [0.2, 0.25) is 0 Å². The summed E-state index contributed by atoms with van der Waals surface area (Å²) in [5.41, 5.74) is 26.9. The van der Waals surface area contributed by atoms with Crippen LogP contribution < -0.4 is 26.2 Å². The van der Waals surface area contributed by atoms with Crippen LogP contribution in [0.5, 0.6) is 0 Å². The molecule has 9 aromatic carbocycles. The Morgan fingerprint density at radius 2 is 0.893 bits per heavy atom. The molecule has 14 rings (SSSR count). The minimum atomic E-state index is -0.246. The van der Waals surface area contributed by atoms with Crippen LogP contribution in [0.3, 0.4) is 0 Å². The predicted molar refractivity (Wildman–Crippen MR) is 324 cm³/mol. The third-order valence-corrected chi connectivity index (χ3v) is 19.8. The summed E-state index contributed by atoms with van der Waals surface area (Å²) in [6.07, 6.45) is 0. The molecule has 0 amide bonds. The first kappa shape index (κ1) is 46.4. The molecule has 0 spiro atoms. The van der Waals surface area contributed by atoms with E-state index in [2.05, 4.69) is 269 Å². The van der Waals surface area contributed by atoms with Crippen molar-refractivity contribution < 1.29 is 0 Å². The molecule has 0 radical (unpaired) electrons. The van der Waals surface area contributed by atoms with Crippen LogP contribution in [0.15, 0.2) is 176 Å². The number of anilines is 6. The molecule has 2 aliphatic heterocycles. The lowest BCUT2D eigenvalue weighted by Crippen LogP contribution is -2.62. The average molecular weight is 989 g/mol. The Kier molecular flexibility index (Phi) is 9.58. The molecule has 1 aromatic heterocycles. The predicted octanol–water partition coefficient (Wildman–Crippen LogP) is 17.3. The Morgan fingerprint density at radius 3 is 1.52 bits per heavy atom. The Balaban J connectivity index is 1.14. The molecular formula is C71H65BN2S. The van der Waals surface area contributed by atoms with Crippen LogP contribution in [-0.2, 0) is 27.1 Å². The highest BCUT2D eigenvalue weighted by molar-refractivity contribution is 7.26. The van der Waals surface area contributed by atoms with Gasteiger partial charge in [0.15, 0.2) is 0 Å². The Morgan fingerprint density at radius 1 is 0.387 bits per heavy atom. The highest BCUT2D eigenvalue weighted by Gasteiger charge is 2.49. The van der Waals surface area contributed by atoms with Gasteiger partial charge in [0.25, 0.3) is 6.71 Å². The monoisotopic (exact) mass is 988 g/mol. The number of aryl methyl sites for hydroxylation is 1. The zero-order valence-corrected chi connectivity index (χ0v) is 46.4. The van der Waals surface area contributed by atoms with Gasteiger partial charge in [0.2, 0.25) is 0 Å². The lowest BCUT2D eigenvalue weighted by Gasteiger charge is -2.48. The molecule has 10 aromatic rings. The number of para-hydroxylation sites is 1. The number of fused-ring (bicyclic) bond motifs is 11. The number of hydrogen-bond acceptors (Lipinski definition) is 3. The van der Waals surface area contributed by atoms with Gasteiger partial charge in [-0.2, -0.15) is 0 Å². The van der Waals surface area contributed by atoms with Gasteiger partial charge in [-0.3, -0.25) is 0 Å². The van der Waals surface area contributed by atoms with Gasteiger partial charge in [-0.15, -0.1) is 11.3 Å². The first-order valence-corrected chi connectivity index (χ1v) is 28.0. The molecule has 2 nitrogen and oxygen atoms in total. The zero-order valence-electron chi connectivity index (χ0n) is 45.6. The molecule has 4 aliphatic rings. The molecule has 0 N–H and O–H groups in total. The molecule has 0 saturated heterocycles. The fourth-order valence-electron chi connectivity index (χ4n) is 14.4. The summed E-state index contributed by atoms with van der Waals surface area (Å²) in [7, 11) is 0. The maximum absolute atomic E-state index is 2.69. The highest BCUT2D eigenvalue weighted by atomic mass is 32.1. The van der Waals surface area contributed by atoms with Gasteiger partial charge < -0.3 is 9.80 Å². The van der Waals surface area contributed by atoms with E-state index in [4.69, 9.17) is 0 Å². The smallest absolute Gasteiger partial charge is 0.252 e.